The summed E-state index contributed by atoms with van der Waals surface area (Å²) in [5.74, 6) is 1.17. The standard InChI is InChI=1S/C13H21N5O/c1-16-8-6-15-13(16)18-7-2-3-11(18)12(19)17-9-4-14-5-10-17/h6,8,11,14H,2-5,7,9-10H2,1H3. The molecule has 2 aliphatic rings. The topological polar surface area (TPSA) is 53.4 Å². The highest BCUT2D eigenvalue weighted by molar-refractivity contribution is 5.85. The van der Waals surface area contributed by atoms with E-state index >= 15 is 0 Å². The Morgan fingerprint density at radius 3 is 2.84 bits per heavy atom. The van der Waals surface area contributed by atoms with Gasteiger partial charge < -0.3 is 19.7 Å². The van der Waals surface area contributed by atoms with Gasteiger partial charge in [-0.25, -0.2) is 4.98 Å². The van der Waals surface area contributed by atoms with E-state index in [9.17, 15) is 4.79 Å². The van der Waals surface area contributed by atoms with E-state index in [1.54, 1.807) is 6.20 Å². The van der Waals surface area contributed by atoms with Gasteiger partial charge in [0.2, 0.25) is 11.9 Å². The molecule has 3 rings (SSSR count). The summed E-state index contributed by atoms with van der Waals surface area (Å²) in [6.45, 7) is 4.38. The van der Waals surface area contributed by atoms with Gasteiger partial charge in [-0.05, 0) is 12.8 Å². The molecule has 3 heterocycles. The molecule has 2 fully saturated rings. The zero-order chi connectivity index (χ0) is 13.2. The zero-order valence-electron chi connectivity index (χ0n) is 11.4. The van der Waals surface area contributed by atoms with Crippen LogP contribution in [0.25, 0.3) is 0 Å². The Morgan fingerprint density at radius 1 is 1.37 bits per heavy atom. The average molecular weight is 263 g/mol. The molecular formula is C13H21N5O. The number of anilines is 1. The van der Waals surface area contributed by atoms with Crippen molar-refractivity contribution in [2.45, 2.75) is 18.9 Å². The quantitative estimate of drug-likeness (QED) is 0.804. The lowest BCUT2D eigenvalue weighted by atomic mass is 10.2. The van der Waals surface area contributed by atoms with Crippen molar-refractivity contribution in [2.24, 2.45) is 7.05 Å². The summed E-state index contributed by atoms with van der Waals surface area (Å²) in [4.78, 5) is 21.2. The molecule has 104 valence electrons. The number of carbonyl (C=O) groups excluding carboxylic acids is 1. The third-order valence-electron chi connectivity index (χ3n) is 4.02. The predicted octanol–water partition coefficient (Wildman–Crippen LogP) is -0.179. The minimum Gasteiger partial charge on any atom is -0.338 e. The highest BCUT2D eigenvalue weighted by atomic mass is 16.2. The fourth-order valence-electron chi connectivity index (χ4n) is 2.99. The van der Waals surface area contributed by atoms with Crippen LogP contribution < -0.4 is 10.2 Å². The molecule has 19 heavy (non-hydrogen) atoms. The molecule has 1 atom stereocenters. The molecule has 0 radical (unpaired) electrons. The van der Waals surface area contributed by atoms with Crippen molar-refractivity contribution in [1.82, 2.24) is 19.8 Å². The minimum absolute atomic E-state index is 0.0285. The first-order chi connectivity index (χ1) is 9.27. The van der Waals surface area contributed by atoms with E-state index in [1.165, 1.54) is 0 Å². The van der Waals surface area contributed by atoms with Crippen LogP contribution in [0.4, 0.5) is 5.95 Å². The van der Waals surface area contributed by atoms with Gasteiger partial charge in [0.25, 0.3) is 0 Å². The van der Waals surface area contributed by atoms with Crippen LogP contribution in [-0.2, 0) is 11.8 Å². The number of amides is 1. The van der Waals surface area contributed by atoms with E-state index in [2.05, 4.69) is 15.2 Å². The van der Waals surface area contributed by atoms with Crippen molar-refractivity contribution in [1.29, 1.82) is 0 Å². The molecule has 0 bridgehead atoms. The Balaban J connectivity index is 1.75. The molecule has 0 aliphatic carbocycles. The number of aromatic nitrogens is 2. The Bertz CT molecular complexity index is 452. The van der Waals surface area contributed by atoms with Crippen LogP contribution in [0, 0.1) is 0 Å². The summed E-state index contributed by atoms with van der Waals surface area (Å²) in [6, 6.07) is -0.0285. The number of carbonyl (C=O) groups is 1. The van der Waals surface area contributed by atoms with Gasteiger partial charge in [0.1, 0.15) is 6.04 Å². The number of hydrogen-bond acceptors (Lipinski definition) is 4. The molecule has 1 N–H and O–H groups in total. The Hall–Kier alpha value is -1.56. The van der Waals surface area contributed by atoms with E-state index in [4.69, 9.17) is 0 Å². The van der Waals surface area contributed by atoms with Crippen LogP contribution in [0.3, 0.4) is 0 Å². The summed E-state index contributed by atoms with van der Waals surface area (Å²) in [7, 11) is 1.98. The summed E-state index contributed by atoms with van der Waals surface area (Å²) in [5, 5.41) is 3.28. The third kappa shape index (κ3) is 2.32. The third-order valence-corrected chi connectivity index (χ3v) is 4.02. The van der Waals surface area contributed by atoms with Crippen molar-refractivity contribution in [3.8, 4) is 0 Å². The number of nitrogens with zero attached hydrogens (tertiary/aromatic N) is 4. The fourth-order valence-corrected chi connectivity index (χ4v) is 2.99. The molecule has 1 aromatic rings. The number of imidazole rings is 1. The van der Waals surface area contributed by atoms with Crippen LogP contribution in [0.2, 0.25) is 0 Å². The average Bonchev–Trinajstić information content (AvgIpc) is 3.07. The summed E-state index contributed by atoms with van der Waals surface area (Å²) >= 11 is 0. The van der Waals surface area contributed by atoms with Gasteiger partial charge >= 0.3 is 0 Å². The lowest BCUT2D eigenvalue weighted by Gasteiger charge is -2.33. The first-order valence-corrected chi connectivity index (χ1v) is 7.01. The first-order valence-electron chi connectivity index (χ1n) is 7.01. The van der Waals surface area contributed by atoms with Gasteiger partial charge in [0.05, 0.1) is 0 Å². The highest BCUT2D eigenvalue weighted by Gasteiger charge is 2.35. The lowest BCUT2D eigenvalue weighted by molar-refractivity contribution is -0.133. The molecular weight excluding hydrogens is 242 g/mol. The van der Waals surface area contributed by atoms with E-state index < -0.39 is 0 Å². The summed E-state index contributed by atoms with van der Waals surface area (Å²) in [5.41, 5.74) is 0. The monoisotopic (exact) mass is 263 g/mol. The normalized spacial score (nSPS) is 23.9. The Morgan fingerprint density at radius 2 is 2.16 bits per heavy atom. The fraction of sp³-hybridized carbons (Fsp3) is 0.692. The maximum absolute atomic E-state index is 12.6. The van der Waals surface area contributed by atoms with Crippen LogP contribution in [0.5, 0.6) is 0 Å². The largest absolute Gasteiger partial charge is 0.338 e. The number of aryl methyl sites for hydroxylation is 1. The van der Waals surface area contributed by atoms with Crippen LogP contribution in [-0.4, -0.2) is 59.1 Å². The maximum atomic E-state index is 12.6. The number of piperazine rings is 1. The molecule has 6 nitrogen and oxygen atoms in total. The van der Waals surface area contributed by atoms with Gasteiger partial charge in [-0.15, -0.1) is 0 Å². The van der Waals surface area contributed by atoms with Crippen molar-refractivity contribution in [3.63, 3.8) is 0 Å². The molecule has 0 aromatic carbocycles. The molecule has 1 unspecified atom stereocenters. The van der Waals surface area contributed by atoms with Gasteiger partial charge in [-0.1, -0.05) is 0 Å². The molecule has 2 aliphatic heterocycles. The predicted molar refractivity (Wildman–Crippen MR) is 73.0 cm³/mol. The van der Waals surface area contributed by atoms with Crippen LogP contribution in [0.1, 0.15) is 12.8 Å². The number of hydrogen-bond donors (Lipinski definition) is 1. The molecule has 2 saturated heterocycles. The molecule has 1 amide bonds. The first kappa shape index (κ1) is 12.5. The van der Waals surface area contributed by atoms with Crippen molar-refractivity contribution in [2.75, 3.05) is 37.6 Å². The van der Waals surface area contributed by atoms with Crippen molar-refractivity contribution >= 4 is 11.9 Å². The van der Waals surface area contributed by atoms with Crippen molar-refractivity contribution < 1.29 is 4.79 Å². The Labute approximate surface area is 113 Å². The zero-order valence-corrected chi connectivity index (χ0v) is 11.4. The number of nitrogens with one attached hydrogen (secondary N) is 1. The SMILES string of the molecule is Cn1ccnc1N1CCCC1C(=O)N1CCNCC1. The highest BCUT2D eigenvalue weighted by Crippen LogP contribution is 2.25. The second kappa shape index (κ2) is 5.21. The summed E-state index contributed by atoms with van der Waals surface area (Å²) in [6.07, 6.45) is 5.73. The molecule has 0 spiro atoms. The van der Waals surface area contributed by atoms with Crippen LogP contribution >= 0.6 is 0 Å². The Kier molecular flexibility index (Phi) is 3.42. The van der Waals surface area contributed by atoms with E-state index in [1.807, 2.05) is 22.7 Å². The van der Waals surface area contributed by atoms with E-state index in [0.717, 1.165) is 51.5 Å². The van der Waals surface area contributed by atoms with Gasteiger partial charge in [0, 0.05) is 52.2 Å². The minimum atomic E-state index is -0.0285. The summed E-state index contributed by atoms with van der Waals surface area (Å²) < 4.78 is 1.99. The van der Waals surface area contributed by atoms with Gasteiger partial charge in [-0.3, -0.25) is 4.79 Å². The van der Waals surface area contributed by atoms with Gasteiger partial charge in [-0.2, -0.15) is 0 Å². The second-order valence-corrected chi connectivity index (χ2v) is 5.26. The van der Waals surface area contributed by atoms with E-state index in [0.29, 0.717) is 0 Å². The maximum Gasteiger partial charge on any atom is 0.245 e. The second-order valence-electron chi connectivity index (χ2n) is 5.26. The number of rotatable bonds is 2. The smallest absolute Gasteiger partial charge is 0.245 e. The van der Waals surface area contributed by atoms with Crippen LogP contribution in [0.15, 0.2) is 12.4 Å². The van der Waals surface area contributed by atoms with Crippen molar-refractivity contribution in [3.05, 3.63) is 12.4 Å². The van der Waals surface area contributed by atoms with Gasteiger partial charge in [0.15, 0.2) is 0 Å². The molecule has 6 heteroatoms. The lowest BCUT2D eigenvalue weighted by Crippen LogP contribution is -2.52. The van der Waals surface area contributed by atoms with E-state index in [-0.39, 0.29) is 11.9 Å². The molecule has 1 aromatic heterocycles. The molecule has 0 saturated carbocycles.